The van der Waals surface area contributed by atoms with Gasteiger partial charge in [0.2, 0.25) is 0 Å². The van der Waals surface area contributed by atoms with Crippen LogP contribution in [0.2, 0.25) is 0 Å². The van der Waals surface area contributed by atoms with Gasteiger partial charge in [-0.15, -0.1) is 0 Å². The summed E-state index contributed by atoms with van der Waals surface area (Å²) in [7, 11) is 0. The molecule has 1 aromatic heterocycles. The molecular formula is C14H15NO2S. The summed E-state index contributed by atoms with van der Waals surface area (Å²) in [6, 6.07) is 9.66. The molecule has 2 rings (SSSR count). The summed E-state index contributed by atoms with van der Waals surface area (Å²) < 4.78 is 5.78. The molecule has 3 nitrogen and oxygen atoms in total. The highest BCUT2D eigenvalue weighted by Gasteiger charge is 2.09. The molecule has 94 valence electrons. The number of hydrogen-bond donors (Lipinski definition) is 1. The molecule has 1 heterocycles. The van der Waals surface area contributed by atoms with E-state index in [9.17, 15) is 0 Å². The lowest BCUT2D eigenvalue weighted by Crippen LogP contribution is -2.04. The Labute approximate surface area is 110 Å². The van der Waals surface area contributed by atoms with Gasteiger partial charge in [-0.1, -0.05) is 24.2 Å². The van der Waals surface area contributed by atoms with E-state index in [1.165, 1.54) is 0 Å². The standard InChI is InChI=1S/C14H15NO2S/c1-2-13(15-16)12-5-3-4-6-14(12)17-9-11-7-8-18-10-11/h3-8,10,16H,2,9H2,1H3/b15-13+. The second-order valence-corrected chi connectivity index (χ2v) is 4.60. The van der Waals surface area contributed by atoms with Crippen molar-refractivity contribution in [1.82, 2.24) is 0 Å². The van der Waals surface area contributed by atoms with Crippen molar-refractivity contribution in [1.29, 1.82) is 0 Å². The number of nitrogens with zero attached hydrogens (tertiary/aromatic N) is 1. The normalized spacial score (nSPS) is 11.5. The number of rotatable bonds is 5. The molecule has 1 N–H and O–H groups in total. The molecule has 0 saturated carbocycles. The fourth-order valence-corrected chi connectivity index (χ4v) is 2.34. The molecule has 0 atom stereocenters. The highest BCUT2D eigenvalue weighted by Crippen LogP contribution is 2.21. The lowest BCUT2D eigenvalue weighted by atomic mass is 10.1. The number of para-hydroxylation sites is 1. The van der Waals surface area contributed by atoms with E-state index in [1.54, 1.807) is 11.3 Å². The van der Waals surface area contributed by atoms with Gasteiger partial charge in [-0.3, -0.25) is 0 Å². The van der Waals surface area contributed by atoms with Crippen molar-refractivity contribution in [3.05, 3.63) is 52.2 Å². The van der Waals surface area contributed by atoms with Crippen molar-refractivity contribution >= 4 is 17.0 Å². The molecule has 0 amide bonds. The monoisotopic (exact) mass is 261 g/mol. The van der Waals surface area contributed by atoms with Crippen LogP contribution in [0.15, 0.2) is 46.2 Å². The van der Waals surface area contributed by atoms with Gasteiger partial charge in [0.1, 0.15) is 12.4 Å². The van der Waals surface area contributed by atoms with Crippen LogP contribution in [-0.4, -0.2) is 10.9 Å². The second kappa shape index (κ2) is 6.21. The third-order valence-electron chi connectivity index (χ3n) is 2.63. The second-order valence-electron chi connectivity index (χ2n) is 3.82. The zero-order chi connectivity index (χ0) is 12.8. The summed E-state index contributed by atoms with van der Waals surface area (Å²) >= 11 is 1.65. The van der Waals surface area contributed by atoms with E-state index in [0.29, 0.717) is 18.7 Å². The Balaban J connectivity index is 2.17. The van der Waals surface area contributed by atoms with Crippen LogP contribution < -0.4 is 4.74 Å². The minimum absolute atomic E-state index is 0.531. The molecule has 0 aliphatic rings. The minimum atomic E-state index is 0.531. The molecule has 0 saturated heterocycles. The molecule has 0 fully saturated rings. The van der Waals surface area contributed by atoms with Crippen LogP contribution in [0.4, 0.5) is 0 Å². The molecule has 0 unspecified atom stereocenters. The summed E-state index contributed by atoms with van der Waals surface area (Å²) in [4.78, 5) is 0. The van der Waals surface area contributed by atoms with Gasteiger partial charge in [-0.05, 0) is 40.9 Å². The average molecular weight is 261 g/mol. The molecule has 18 heavy (non-hydrogen) atoms. The zero-order valence-electron chi connectivity index (χ0n) is 10.2. The lowest BCUT2D eigenvalue weighted by Gasteiger charge is -2.10. The summed E-state index contributed by atoms with van der Waals surface area (Å²) in [5, 5.41) is 16.4. The van der Waals surface area contributed by atoms with E-state index in [4.69, 9.17) is 9.94 Å². The largest absolute Gasteiger partial charge is 0.488 e. The number of benzene rings is 1. The fourth-order valence-electron chi connectivity index (χ4n) is 1.68. The number of oxime groups is 1. The molecule has 0 spiro atoms. The first kappa shape index (κ1) is 12.6. The van der Waals surface area contributed by atoms with Gasteiger partial charge in [0.15, 0.2) is 0 Å². The quantitative estimate of drug-likeness (QED) is 0.503. The van der Waals surface area contributed by atoms with Crippen LogP contribution in [-0.2, 0) is 6.61 Å². The minimum Gasteiger partial charge on any atom is -0.488 e. The fraction of sp³-hybridized carbons (Fsp3) is 0.214. The Morgan fingerprint density at radius 3 is 2.83 bits per heavy atom. The van der Waals surface area contributed by atoms with Crippen LogP contribution in [0.5, 0.6) is 5.75 Å². The summed E-state index contributed by atoms with van der Waals surface area (Å²) in [5.41, 5.74) is 2.63. The number of thiophene rings is 1. The first-order chi connectivity index (χ1) is 8.85. The number of ether oxygens (including phenoxy) is 1. The topological polar surface area (TPSA) is 41.8 Å². The van der Waals surface area contributed by atoms with E-state index in [0.717, 1.165) is 16.9 Å². The zero-order valence-corrected chi connectivity index (χ0v) is 11.0. The molecule has 2 aromatic rings. The van der Waals surface area contributed by atoms with E-state index in [1.807, 2.05) is 42.6 Å². The van der Waals surface area contributed by atoms with Crippen LogP contribution in [0, 0.1) is 0 Å². The number of hydrogen-bond acceptors (Lipinski definition) is 4. The van der Waals surface area contributed by atoms with Crippen molar-refractivity contribution in [3.8, 4) is 5.75 Å². The van der Waals surface area contributed by atoms with Crippen molar-refractivity contribution in [3.63, 3.8) is 0 Å². The predicted octanol–water partition coefficient (Wildman–Crippen LogP) is 3.92. The van der Waals surface area contributed by atoms with Gasteiger partial charge in [0, 0.05) is 5.56 Å². The molecular weight excluding hydrogens is 246 g/mol. The summed E-state index contributed by atoms with van der Waals surface area (Å²) in [5.74, 6) is 0.748. The van der Waals surface area contributed by atoms with Crippen molar-refractivity contribution < 1.29 is 9.94 Å². The summed E-state index contributed by atoms with van der Waals surface area (Å²) in [6.07, 6.45) is 0.662. The highest BCUT2D eigenvalue weighted by atomic mass is 32.1. The summed E-state index contributed by atoms with van der Waals surface area (Å²) in [6.45, 7) is 2.48. The van der Waals surface area contributed by atoms with Gasteiger partial charge in [0.25, 0.3) is 0 Å². The highest BCUT2D eigenvalue weighted by molar-refractivity contribution is 7.07. The molecule has 1 aromatic carbocycles. The van der Waals surface area contributed by atoms with Crippen LogP contribution in [0.25, 0.3) is 0 Å². The third kappa shape index (κ3) is 2.90. The first-order valence-electron chi connectivity index (χ1n) is 5.79. The molecule has 4 heteroatoms. The first-order valence-corrected chi connectivity index (χ1v) is 6.73. The van der Waals surface area contributed by atoms with Gasteiger partial charge in [-0.2, -0.15) is 11.3 Å². The third-order valence-corrected chi connectivity index (χ3v) is 3.36. The van der Waals surface area contributed by atoms with Crippen LogP contribution in [0.3, 0.4) is 0 Å². The SMILES string of the molecule is CC/C(=N\O)c1ccccc1OCc1ccsc1. The van der Waals surface area contributed by atoms with Crippen LogP contribution in [0.1, 0.15) is 24.5 Å². The molecule has 0 radical (unpaired) electrons. The van der Waals surface area contributed by atoms with Crippen molar-refractivity contribution in [2.75, 3.05) is 0 Å². The molecule has 0 bridgehead atoms. The Morgan fingerprint density at radius 2 is 2.17 bits per heavy atom. The molecule has 0 aliphatic heterocycles. The van der Waals surface area contributed by atoms with Crippen molar-refractivity contribution in [2.45, 2.75) is 20.0 Å². The maximum Gasteiger partial charge on any atom is 0.128 e. The van der Waals surface area contributed by atoms with E-state index in [2.05, 4.69) is 10.5 Å². The van der Waals surface area contributed by atoms with Gasteiger partial charge >= 0.3 is 0 Å². The van der Waals surface area contributed by atoms with Crippen molar-refractivity contribution in [2.24, 2.45) is 5.16 Å². The van der Waals surface area contributed by atoms with E-state index >= 15 is 0 Å². The Kier molecular flexibility index (Phi) is 4.36. The lowest BCUT2D eigenvalue weighted by molar-refractivity contribution is 0.303. The van der Waals surface area contributed by atoms with Crippen LogP contribution >= 0.6 is 11.3 Å². The van der Waals surface area contributed by atoms with Gasteiger partial charge in [-0.25, -0.2) is 0 Å². The van der Waals surface area contributed by atoms with E-state index < -0.39 is 0 Å². The van der Waals surface area contributed by atoms with E-state index in [-0.39, 0.29) is 0 Å². The Bertz CT molecular complexity index is 520. The molecule has 0 aliphatic carbocycles. The predicted molar refractivity (Wildman–Crippen MR) is 73.7 cm³/mol. The van der Waals surface area contributed by atoms with Gasteiger partial charge in [0.05, 0.1) is 5.71 Å². The smallest absolute Gasteiger partial charge is 0.128 e. The maximum absolute atomic E-state index is 8.99. The average Bonchev–Trinajstić information content (AvgIpc) is 2.92. The maximum atomic E-state index is 8.99. The Morgan fingerprint density at radius 1 is 1.33 bits per heavy atom. The Hall–Kier alpha value is -1.81. The van der Waals surface area contributed by atoms with Gasteiger partial charge < -0.3 is 9.94 Å².